The molecule has 0 aromatic rings. The number of esters is 2. The second kappa shape index (κ2) is 22.4. The predicted octanol–water partition coefficient (Wildman–Crippen LogP) is 2.27. The van der Waals surface area contributed by atoms with Gasteiger partial charge in [0.05, 0.1) is 39.6 Å². The van der Waals surface area contributed by atoms with Gasteiger partial charge in [0.15, 0.2) is 0 Å². The number of ether oxygens (including phenoxy) is 6. The van der Waals surface area contributed by atoms with Crippen molar-refractivity contribution in [2.45, 2.75) is 39.5 Å². The number of amides is 2. The fourth-order valence-corrected chi connectivity index (χ4v) is 2.28. The molecule has 0 atom stereocenters. The zero-order chi connectivity index (χ0) is 27.0. The molecule has 206 valence electrons. The molecule has 0 aliphatic heterocycles. The van der Waals surface area contributed by atoms with Crippen molar-refractivity contribution in [3.63, 3.8) is 0 Å². The third kappa shape index (κ3) is 21.4. The average molecular weight is 517 g/mol. The zero-order valence-corrected chi connectivity index (χ0v) is 21.4. The Balaban J connectivity index is 3.38. The fraction of sp³-hybridized carbons (Fsp3) is 0.667. The normalized spacial score (nSPS) is 10.2. The maximum atomic E-state index is 11.6. The van der Waals surface area contributed by atoms with Gasteiger partial charge in [0.25, 0.3) is 0 Å². The number of alkyl carbamates (subject to hydrolysis) is 2. The van der Waals surface area contributed by atoms with Gasteiger partial charge in [0, 0.05) is 24.2 Å². The Morgan fingerprint density at radius 3 is 1.28 bits per heavy atom. The molecular weight excluding hydrogens is 476 g/mol. The van der Waals surface area contributed by atoms with Crippen molar-refractivity contribution < 1.29 is 47.6 Å². The Bertz CT molecular complexity index is 638. The van der Waals surface area contributed by atoms with E-state index in [1.807, 2.05) is 0 Å². The molecular formula is C24H40N2O10. The van der Waals surface area contributed by atoms with Crippen molar-refractivity contribution in [3.8, 4) is 0 Å². The van der Waals surface area contributed by atoms with Gasteiger partial charge in [-0.25, -0.2) is 19.2 Å². The summed E-state index contributed by atoms with van der Waals surface area (Å²) >= 11 is 0. The summed E-state index contributed by atoms with van der Waals surface area (Å²) in [5, 5.41) is 5.12. The molecule has 0 radical (unpaired) electrons. The first-order valence-corrected chi connectivity index (χ1v) is 11.9. The predicted molar refractivity (Wildman–Crippen MR) is 130 cm³/mol. The summed E-state index contributed by atoms with van der Waals surface area (Å²) in [6.45, 7) is 12.5. The van der Waals surface area contributed by atoms with Gasteiger partial charge in [0.2, 0.25) is 0 Å². The van der Waals surface area contributed by atoms with Crippen molar-refractivity contribution in [2.75, 3.05) is 65.9 Å². The second-order valence-corrected chi connectivity index (χ2v) is 7.60. The first-order chi connectivity index (χ1) is 17.2. The molecule has 0 fully saturated rings. The van der Waals surface area contributed by atoms with Crippen LogP contribution in [0.3, 0.4) is 0 Å². The summed E-state index contributed by atoms with van der Waals surface area (Å²) in [4.78, 5) is 45.4. The molecule has 0 heterocycles. The highest BCUT2D eigenvalue weighted by molar-refractivity contribution is 5.87. The standard InChI is InChI=1S/C24H40N2O10/c1-19(2)21(27)33-17-15-31-13-9-25-23(29)35-11-7-5-6-8-12-36-24(30)26-10-14-32-16-18-34-22(28)20(3)4/h1,3,5-18H2,2,4H3,(H,25,29)(H,26,30). The molecule has 0 rings (SSSR count). The van der Waals surface area contributed by atoms with Crippen LogP contribution < -0.4 is 10.6 Å². The van der Waals surface area contributed by atoms with Crippen LogP contribution in [0, 0.1) is 0 Å². The minimum absolute atomic E-state index is 0.124. The SMILES string of the molecule is C=C(C)C(=O)OCCOCCNC(=O)OCCCCCCOC(=O)NCCOCCOC(=O)C(=C)C. The maximum absolute atomic E-state index is 11.6. The van der Waals surface area contributed by atoms with Crippen LogP contribution in [0.4, 0.5) is 9.59 Å². The van der Waals surface area contributed by atoms with E-state index in [4.69, 9.17) is 28.4 Å². The maximum Gasteiger partial charge on any atom is 0.407 e. The van der Waals surface area contributed by atoms with E-state index in [0.29, 0.717) is 24.0 Å². The highest BCUT2D eigenvalue weighted by Crippen LogP contribution is 2.01. The van der Waals surface area contributed by atoms with Crippen LogP contribution in [0.25, 0.3) is 0 Å². The lowest BCUT2D eigenvalue weighted by atomic mass is 10.2. The summed E-state index contributed by atoms with van der Waals surface area (Å²) in [6, 6.07) is 0. The van der Waals surface area contributed by atoms with E-state index in [0.717, 1.165) is 12.8 Å². The first kappa shape index (κ1) is 32.9. The van der Waals surface area contributed by atoms with Crippen LogP contribution in [0.1, 0.15) is 39.5 Å². The van der Waals surface area contributed by atoms with Gasteiger partial charge in [-0.2, -0.15) is 0 Å². The Hall–Kier alpha value is -3.12. The fourth-order valence-electron chi connectivity index (χ4n) is 2.28. The average Bonchev–Trinajstić information content (AvgIpc) is 2.83. The van der Waals surface area contributed by atoms with Gasteiger partial charge in [-0.1, -0.05) is 13.2 Å². The molecule has 0 spiro atoms. The molecule has 12 nitrogen and oxygen atoms in total. The zero-order valence-electron chi connectivity index (χ0n) is 21.4. The van der Waals surface area contributed by atoms with E-state index in [1.165, 1.54) is 0 Å². The number of nitrogens with one attached hydrogen (secondary N) is 2. The molecule has 12 heteroatoms. The minimum atomic E-state index is -0.524. The quantitative estimate of drug-likeness (QED) is 0.101. The van der Waals surface area contributed by atoms with Crippen LogP contribution in [0.15, 0.2) is 24.3 Å². The van der Waals surface area contributed by atoms with E-state index in [-0.39, 0.29) is 65.9 Å². The molecule has 0 aliphatic rings. The van der Waals surface area contributed by atoms with Gasteiger partial charge in [-0.15, -0.1) is 0 Å². The first-order valence-electron chi connectivity index (χ1n) is 11.9. The molecule has 0 saturated carbocycles. The molecule has 0 unspecified atom stereocenters. The molecule has 0 aromatic carbocycles. The number of rotatable bonds is 21. The van der Waals surface area contributed by atoms with Gasteiger partial charge >= 0.3 is 24.1 Å². The number of hydrogen-bond acceptors (Lipinski definition) is 10. The van der Waals surface area contributed by atoms with Crippen molar-refractivity contribution >= 4 is 24.1 Å². The van der Waals surface area contributed by atoms with Gasteiger partial charge in [0.1, 0.15) is 13.2 Å². The topological polar surface area (TPSA) is 148 Å². The Labute approximate surface area is 212 Å². The number of carbonyl (C=O) groups is 4. The summed E-state index contributed by atoms with van der Waals surface area (Å²) in [5.41, 5.74) is 0.653. The monoisotopic (exact) mass is 516 g/mol. The van der Waals surface area contributed by atoms with Crippen LogP contribution in [0.5, 0.6) is 0 Å². The third-order valence-corrected chi connectivity index (χ3v) is 4.16. The minimum Gasteiger partial charge on any atom is -0.460 e. The molecule has 2 N–H and O–H groups in total. The molecule has 0 saturated heterocycles. The molecule has 2 amide bonds. The highest BCUT2D eigenvalue weighted by atomic mass is 16.6. The number of carbonyl (C=O) groups excluding carboxylic acids is 4. The van der Waals surface area contributed by atoms with Crippen molar-refractivity contribution in [1.82, 2.24) is 10.6 Å². The molecule has 36 heavy (non-hydrogen) atoms. The summed E-state index contributed by atoms with van der Waals surface area (Å²) in [5.74, 6) is -0.927. The molecule has 0 aliphatic carbocycles. The molecule has 0 bridgehead atoms. The number of unbranched alkanes of at least 4 members (excludes halogenated alkanes) is 3. The lowest BCUT2D eigenvalue weighted by Crippen LogP contribution is -2.28. The highest BCUT2D eigenvalue weighted by Gasteiger charge is 2.05. The summed E-state index contributed by atoms with van der Waals surface area (Å²) in [7, 11) is 0. The molecule has 0 aromatic heterocycles. The van der Waals surface area contributed by atoms with E-state index >= 15 is 0 Å². The Morgan fingerprint density at radius 2 is 0.917 bits per heavy atom. The van der Waals surface area contributed by atoms with Gasteiger partial charge < -0.3 is 39.1 Å². The lowest BCUT2D eigenvalue weighted by Gasteiger charge is -2.09. The van der Waals surface area contributed by atoms with Crippen molar-refractivity contribution in [3.05, 3.63) is 24.3 Å². The third-order valence-electron chi connectivity index (χ3n) is 4.16. The lowest BCUT2D eigenvalue weighted by molar-refractivity contribution is -0.141. The van der Waals surface area contributed by atoms with Crippen LogP contribution >= 0.6 is 0 Å². The Morgan fingerprint density at radius 1 is 0.528 bits per heavy atom. The van der Waals surface area contributed by atoms with E-state index < -0.39 is 24.1 Å². The van der Waals surface area contributed by atoms with Crippen LogP contribution in [-0.2, 0) is 38.0 Å². The largest absolute Gasteiger partial charge is 0.460 e. The van der Waals surface area contributed by atoms with Crippen LogP contribution in [-0.4, -0.2) is 90.1 Å². The van der Waals surface area contributed by atoms with Gasteiger partial charge in [-0.3, -0.25) is 0 Å². The summed E-state index contributed by atoms with van der Waals surface area (Å²) in [6.07, 6.45) is 2.00. The van der Waals surface area contributed by atoms with Crippen molar-refractivity contribution in [2.24, 2.45) is 0 Å². The second-order valence-electron chi connectivity index (χ2n) is 7.60. The van der Waals surface area contributed by atoms with E-state index in [1.54, 1.807) is 13.8 Å². The van der Waals surface area contributed by atoms with E-state index in [9.17, 15) is 19.2 Å². The van der Waals surface area contributed by atoms with E-state index in [2.05, 4.69) is 23.8 Å². The smallest absolute Gasteiger partial charge is 0.407 e. The van der Waals surface area contributed by atoms with Crippen molar-refractivity contribution in [1.29, 1.82) is 0 Å². The Kier molecular flexibility index (Phi) is 20.4. The summed E-state index contributed by atoms with van der Waals surface area (Å²) < 4.78 is 30.3. The number of hydrogen-bond donors (Lipinski definition) is 2. The van der Waals surface area contributed by atoms with Gasteiger partial charge in [-0.05, 0) is 39.5 Å². The van der Waals surface area contributed by atoms with Crippen LogP contribution in [0.2, 0.25) is 0 Å².